The summed E-state index contributed by atoms with van der Waals surface area (Å²) >= 11 is 0. The van der Waals surface area contributed by atoms with Gasteiger partial charge in [-0.3, -0.25) is 4.99 Å². The van der Waals surface area contributed by atoms with Gasteiger partial charge < -0.3 is 20.9 Å². The number of ether oxygens (including phenoxy) is 1. The summed E-state index contributed by atoms with van der Waals surface area (Å²) in [5.41, 5.74) is 5.87. The van der Waals surface area contributed by atoms with Crippen LogP contribution in [0.15, 0.2) is 4.99 Å². The van der Waals surface area contributed by atoms with E-state index in [1.54, 1.807) is 0 Å². The quantitative estimate of drug-likeness (QED) is 0.476. The SMILES string of the molecule is NC(=NCC1(CCO)CCOC1)NCC1CCC1. The van der Waals surface area contributed by atoms with E-state index in [4.69, 9.17) is 15.6 Å². The molecule has 1 unspecified atom stereocenters. The molecule has 5 nitrogen and oxygen atoms in total. The molecule has 5 heteroatoms. The van der Waals surface area contributed by atoms with Gasteiger partial charge in [0, 0.05) is 25.2 Å². The highest BCUT2D eigenvalue weighted by atomic mass is 16.5. The molecule has 2 rings (SSSR count). The van der Waals surface area contributed by atoms with E-state index in [1.807, 2.05) is 0 Å². The first-order chi connectivity index (χ1) is 8.74. The molecule has 1 atom stereocenters. The molecular formula is C13H25N3O2. The Kier molecular flexibility index (Phi) is 4.83. The number of aliphatic hydroxyl groups is 1. The van der Waals surface area contributed by atoms with Crippen LogP contribution in [0.2, 0.25) is 0 Å². The molecule has 1 aliphatic carbocycles. The molecule has 0 aromatic carbocycles. The van der Waals surface area contributed by atoms with E-state index in [2.05, 4.69) is 10.3 Å². The van der Waals surface area contributed by atoms with Gasteiger partial charge in [0.25, 0.3) is 0 Å². The highest BCUT2D eigenvalue weighted by molar-refractivity contribution is 5.77. The van der Waals surface area contributed by atoms with E-state index in [0.717, 1.165) is 31.9 Å². The summed E-state index contributed by atoms with van der Waals surface area (Å²) in [6, 6.07) is 0. The van der Waals surface area contributed by atoms with E-state index < -0.39 is 0 Å². The van der Waals surface area contributed by atoms with Crippen LogP contribution < -0.4 is 11.1 Å². The molecule has 0 radical (unpaired) electrons. The Hall–Kier alpha value is -0.810. The highest BCUT2D eigenvalue weighted by Crippen LogP contribution is 2.32. The Bertz CT molecular complexity index is 284. The van der Waals surface area contributed by atoms with Crippen molar-refractivity contribution in [2.24, 2.45) is 22.1 Å². The van der Waals surface area contributed by atoms with Gasteiger partial charge in [0.2, 0.25) is 0 Å². The first-order valence-corrected chi connectivity index (χ1v) is 6.96. The van der Waals surface area contributed by atoms with Gasteiger partial charge in [-0.05, 0) is 31.6 Å². The minimum atomic E-state index is -0.00246. The van der Waals surface area contributed by atoms with Crippen LogP contribution in [0.3, 0.4) is 0 Å². The van der Waals surface area contributed by atoms with Gasteiger partial charge in [-0.2, -0.15) is 0 Å². The van der Waals surface area contributed by atoms with Crippen molar-refractivity contribution >= 4 is 5.96 Å². The second kappa shape index (κ2) is 6.38. The van der Waals surface area contributed by atoms with Crippen LogP contribution in [-0.4, -0.2) is 44.0 Å². The zero-order valence-corrected chi connectivity index (χ0v) is 11.0. The molecule has 1 heterocycles. The van der Waals surface area contributed by atoms with Gasteiger partial charge >= 0.3 is 0 Å². The van der Waals surface area contributed by atoms with E-state index in [9.17, 15) is 0 Å². The van der Waals surface area contributed by atoms with Crippen LogP contribution in [-0.2, 0) is 4.74 Å². The van der Waals surface area contributed by atoms with Crippen molar-refractivity contribution in [3.63, 3.8) is 0 Å². The summed E-state index contributed by atoms with van der Waals surface area (Å²) in [5.74, 6) is 1.31. The summed E-state index contributed by atoms with van der Waals surface area (Å²) in [7, 11) is 0. The van der Waals surface area contributed by atoms with E-state index in [-0.39, 0.29) is 12.0 Å². The number of nitrogens with two attached hydrogens (primary N) is 1. The monoisotopic (exact) mass is 255 g/mol. The average molecular weight is 255 g/mol. The third-order valence-electron chi connectivity index (χ3n) is 4.21. The van der Waals surface area contributed by atoms with E-state index in [0.29, 0.717) is 19.1 Å². The summed E-state index contributed by atoms with van der Waals surface area (Å²) < 4.78 is 5.43. The number of guanidine groups is 1. The third kappa shape index (κ3) is 3.59. The summed E-state index contributed by atoms with van der Waals surface area (Å²) in [6.07, 6.45) is 5.67. The number of hydrogen-bond donors (Lipinski definition) is 3. The Morgan fingerprint density at radius 3 is 2.89 bits per heavy atom. The summed E-state index contributed by atoms with van der Waals surface area (Å²) in [6.45, 7) is 3.24. The largest absolute Gasteiger partial charge is 0.396 e. The minimum Gasteiger partial charge on any atom is -0.396 e. The lowest BCUT2D eigenvalue weighted by atomic mass is 9.84. The summed E-state index contributed by atoms with van der Waals surface area (Å²) in [4.78, 5) is 4.42. The molecule has 0 amide bonds. The first kappa shape index (κ1) is 13.6. The number of aliphatic imine (C=N–C) groups is 1. The molecule has 104 valence electrons. The van der Waals surface area contributed by atoms with Crippen LogP contribution in [0.4, 0.5) is 0 Å². The van der Waals surface area contributed by atoms with Crippen molar-refractivity contribution in [1.29, 1.82) is 0 Å². The summed E-state index contributed by atoms with van der Waals surface area (Å²) in [5, 5.41) is 12.3. The van der Waals surface area contributed by atoms with E-state index in [1.165, 1.54) is 19.3 Å². The molecule has 2 fully saturated rings. The molecule has 0 aromatic heterocycles. The predicted molar refractivity (Wildman–Crippen MR) is 71.4 cm³/mol. The molecule has 0 aromatic rings. The maximum Gasteiger partial charge on any atom is 0.188 e. The Morgan fingerprint density at radius 1 is 1.50 bits per heavy atom. The lowest BCUT2D eigenvalue weighted by molar-refractivity contribution is 0.131. The third-order valence-corrected chi connectivity index (χ3v) is 4.21. The van der Waals surface area contributed by atoms with Crippen LogP contribution in [0.25, 0.3) is 0 Å². The Morgan fingerprint density at radius 2 is 2.33 bits per heavy atom. The number of rotatable bonds is 6. The second-order valence-corrected chi connectivity index (χ2v) is 5.66. The molecule has 18 heavy (non-hydrogen) atoms. The lowest BCUT2D eigenvalue weighted by Gasteiger charge is -2.26. The predicted octanol–water partition coefficient (Wildman–Crippen LogP) is 0.480. The van der Waals surface area contributed by atoms with Crippen molar-refractivity contribution < 1.29 is 9.84 Å². The maximum atomic E-state index is 9.12. The van der Waals surface area contributed by atoms with Gasteiger partial charge in [0.05, 0.1) is 13.2 Å². The van der Waals surface area contributed by atoms with Crippen molar-refractivity contribution in [2.75, 3.05) is 32.9 Å². The molecule has 4 N–H and O–H groups in total. The Labute approximate surface area is 109 Å². The second-order valence-electron chi connectivity index (χ2n) is 5.66. The molecule has 1 saturated heterocycles. The molecule has 2 aliphatic rings. The molecule has 1 aliphatic heterocycles. The zero-order valence-electron chi connectivity index (χ0n) is 11.0. The van der Waals surface area contributed by atoms with Crippen molar-refractivity contribution in [3.8, 4) is 0 Å². The fourth-order valence-electron chi connectivity index (χ4n) is 2.54. The molecule has 0 bridgehead atoms. The Balaban J connectivity index is 1.75. The first-order valence-electron chi connectivity index (χ1n) is 6.96. The van der Waals surface area contributed by atoms with Gasteiger partial charge in [0.15, 0.2) is 5.96 Å². The molecule has 0 spiro atoms. The van der Waals surface area contributed by atoms with Crippen molar-refractivity contribution in [2.45, 2.75) is 32.1 Å². The highest BCUT2D eigenvalue weighted by Gasteiger charge is 2.34. The normalized spacial score (nSPS) is 29.3. The maximum absolute atomic E-state index is 9.12. The van der Waals surface area contributed by atoms with Crippen LogP contribution >= 0.6 is 0 Å². The number of nitrogens with zero attached hydrogens (tertiary/aromatic N) is 1. The van der Waals surface area contributed by atoms with Gasteiger partial charge in [-0.15, -0.1) is 0 Å². The average Bonchev–Trinajstić information content (AvgIpc) is 2.74. The van der Waals surface area contributed by atoms with Crippen molar-refractivity contribution in [1.82, 2.24) is 5.32 Å². The zero-order chi connectivity index (χ0) is 12.8. The van der Waals surface area contributed by atoms with E-state index >= 15 is 0 Å². The van der Waals surface area contributed by atoms with Crippen LogP contribution in [0.5, 0.6) is 0 Å². The fourth-order valence-corrected chi connectivity index (χ4v) is 2.54. The topological polar surface area (TPSA) is 79.9 Å². The van der Waals surface area contributed by atoms with Crippen LogP contribution in [0, 0.1) is 11.3 Å². The number of nitrogens with one attached hydrogen (secondary N) is 1. The van der Waals surface area contributed by atoms with Crippen molar-refractivity contribution in [3.05, 3.63) is 0 Å². The fraction of sp³-hybridized carbons (Fsp3) is 0.923. The lowest BCUT2D eigenvalue weighted by Crippen LogP contribution is -2.38. The number of aliphatic hydroxyl groups excluding tert-OH is 1. The number of hydrogen-bond acceptors (Lipinski definition) is 3. The van der Waals surface area contributed by atoms with Crippen LogP contribution in [0.1, 0.15) is 32.1 Å². The van der Waals surface area contributed by atoms with Gasteiger partial charge in [0.1, 0.15) is 0 Å². The van der Waals surface area contributed by atoms with Gasteiger partial charge in [-0.25, -0.2) is 0 Å². The smallest absolute Gasteiger partial charge is 0.188 e. The minimum absolute atomic E-state index is 0.00246. The van der Waals surface area contributed by atoms with Gasteiger partial charge in [-0.1, -0.05) is 6.42 Å². The molecular weight excluding hydrogens is 230 g/mol. The standard InChI is InChI=1S/C13H25N3O2/c14-12(15-8-11-2-1-3-11)16-9-13(4-6-17)5-7-18-10-13/h11,17H,1-10H2,(H3,14,15,16). The molecule has 1 saturated carbocycles.